The normalized spacial score (nSPS) is 13.4. The van der Waals surface area contributed by atoms with Crippen LogP contribution < -0.4 is 10.1 Å². The van der Waals surface area contributed by atoms with Crippen LogP contribution in [0.1, 0.15) is 37.1 Å². The van der Waals surface area contributed by atoms with Crippen molar-refractivity contribution in [2.24, 2.45) is 0 Å². The van der Waals surface area contributed by atoms with Gasteiger partial charge in [0.05, 0.1) is 13.0 Å². The fraction of sp³-hybridized carbons (Fsp3) is 0.476. The highest BCUT2D eigenvalue weighted by Crippen LogP contribution is 2.25. The second-order valence-electron chi connectivity index (χ2n) is 6.42. The van der Waals surface area contributed by atoms with Gasteiger partial charge in [0.15, 0.2) is 0 Å². The van der Waals surface area contributed by atoms with E-state index in [1.807, 2.05) is 30.3 Å². The van der Waals surface area contributed by atoms with Crippen LogP contribution >= 0.6 is 11.3 Å². The molecule has 0 bridgehead atoms. The quantitative estimate of drug-likeness (QED) is 0.685. The first-order chi connectivity index (χ1) is 12.6. The summed E-state index contributed by atoms with van der Waals surface area (Å²) >= 11 is 1.69. The van der Waals surface area contributed by atoms with Gasteiger partial charge in [-0.2, -0.15) is 0 Å². The number of ether oxygens (including phenoxy) is 1. The lowest BCUT2D eigenvalue weighted by molar-refractivity contribution is -0.122. The van der Waals surface area contributed by atoms with E-state index in [0.29, 0.717) is 12.6 Å². The molecule has 0 saturated carbocycles. The van der Waals surface area contributed by atoms with Gasteiger partial charge < -0.3 is 10.1 Å². The first-order valence-corrected chi connectivity index (χ1v) is 10.1. The van der Waals surface area contributed by atoms with Gasteiger partial charge in [-0.15, -0.1) is 11.3 Å². The minimum absolute atomic E-state index is 0.0857. The van der Waals surface area contributed by atoms with Crippen molar-refractivity contribution in [2.45, 2.75) is 39.2 Å². The number of nitrogens with zero attached hydrogens (tertiary/aromatic N) is 1. The minimum atomic E-state index is -0.191. The molecule has 2 unspecified atom stereocenters. The van der Waals surface area contributed by atoms with Crippen molar-refractivity contribution >= 4 is 17.2 Å². The zero-order valence-electron chi connectivity index (χ0n) is 16.2. The third-order valence-corrected chi connectivity index (χ3v) is 5.73. The van der Waals surface area contributed by atoms with Crippen LogP contribution in [-0.2, 0) is 11.2 Å². The molecule has 0 radical (unpaired) electrons. The molecule has 26 heavy (non-hydrogen) atoms. The van der Waals surface area contributed by atoms with Gasteiger partial charge in [-0.1, -0.05) is 32.0 Å². The first kappa shape index (κ1) is 20.5. The van der Waals surface area contributed by atoms with Crippen molar-refractivity contribution in [3.05, 3.63) is 52.2 Å². The third kappa shape index (κ3) is 5.58. The zero-order chi connectivity index (χ0) is 18.9. The number of likely N-dealkylation sites (N-methyl/N-ethyl adjacent to an activating group) is 1. The average molecular weight is 375 g/mol. The molecular weight excluding hydrogens is 344 g/mol. The Kier molecular flexibility index (Phi) is 8.13. The lowest BCUT2D eigenvalue weighted by atomic mass is 9.94. The van der Waals surface area contributed by atoms with Gasteiger partial charge in [0.1, 0.15) is 5.75 Å². The smallest absolute Gasteiger partial charge is 0.227 e. The highest BCUT2D eigenvalue weighted by Gasteiger charge is 2.22. The largest absolute Gasteiger partial charge is 0.497 e. The van der Waals surface area contributed by atoms with Crippen LogP contribution in [0, 0.1) is 0 Å². The topological polar surface area (TPSA) is 41.6 Å². The molecule has 0 saturated heterocycles. The molecule has 1 aromatic heterocycles. The highest BCUT2D eigenvalue weighted by molar-refractivity contribution is 7.09. The first-order valence-electron chi connectivity index (χ1n) is 9.27. The maximum Gasteiger partial charge on any atom is 0.227 e. The second kappa shape index (κ2) is 10.3. The summed E-state index contributed by atoms with van der Waals surface area (Å²) in [7, 11) is 1.65. The van der Waals surface area contributed by atoms with Gasteiger partial charge >= 0.3 is 0 Å². The fourth-order valence-electron chi connectivity index (χ4n) is 3.18. The Labute approximate surface area is 161 Å². The predicted octanol–water partition coefficient (Wildman–Crippen LogP) is 3.93. The van der Waals surface area contributed by atoms with Crippen molar-refractivity contribution < 1.29 is 9.53 Å². The second-order valence-corrected chi connectivity index (χ2v) is 7.46. The summed E-state index contributed by atoms with van der Waals surface area (Å²) in [4.78, 5) is 16.5. The van der Waals surface area contributed by atoms with Crippen molar-refractivity contribution in [3.8, 4) is 5.75 Å². The molecule has 1 heterocycles. The van der Waals surface area contributed by atoms with Gasteiger partial charge in [0.2, 0.25) is 5.91 Å². The number of amides is 1. The maximum atomic E-state index is 13.0. The number of carbonyl (C=O) groups excluding carboxylic acids is 1. The number of hydrogen-bond acceptors (Lipinski definition) is 4. The molecule has 0 fully saturated rings. The monoisotopic (exact) mass is 374 g/mol. The summed E-state index contributed by atoms with van der Waals surface area (Å²) in [5, 5.41) is 5.22. The zero-order valence-corrected chi connectivity index (χ0v) is 17.0. The van der Waals surface area contributed by atoms with E-state index >= 15 is 0 Å². The summed E-state index contributed by atoms with van der Waals surface area (Å²) in [5.41, 5.74) is 1.02. The van der Waals surface area contributed by atoms with Crippen LogP contribution in [-0.4, -0.2) is 43.6 Å². The van der Waals surface area contributed by atoms with Gasteiger partial charge in [0.25, 0.3) is 0 Å². The Morgan fingerprint density at radius 2 is 1.88 bits per heavy atom. The molecule has 1 N–H and O–H groups in total. The molecule has 0 aliphatic rings. The molecule has 0 aliphatic heterocycles. The van der Waals surface area contributed by atoms with E-state index in [2.05, 4.69) is 42.4 Å². The summed E-state index contributed by atoms with van der Waals surface area (Å²) in [6, 6.07) is 12.3. The van der Waals surface area contributed by atoms with Crippen LogP contribution in [0.25, 0.3) is 0 Å². The highest BCUT2D eigenvalue weighted by atomic mass is 32.1. The van der Waals surface area contributed by atoms with Crippen molar-refractivity contribution in [2.75, 3.05) is 26.7 Å². The molecule has 0 aliphatic carbocycles. The Morgan fingerprint density at radius 1 is 1.19 bits per heavy atom. The Bertz CT molecular complexity index is 651. The van der Waals surface area contributed by atoms with E-state index in [9.17, 15) is 4.79 Å². The van der Waals surface area contributed by atoms with Crippen LogP contribution in [0.15, 0.2) is 41.8 Å². The van der Waals surface area contributed by atoms with Gasteiger partial charge in [-0.25, -0.2) is 0 Å². The summed E-state index contributed by atoms with van der Waals surface area (Å²) < 4.78 is 5.24. The van der Waals surface area contributed by atoms with Crippen LogP contribution in [0.2, 0.25) is 0 Å². The summed E-state index contributed by atoms with van der Waals surface area (Å²) in [6.45, 7) is 9.11. The minimum Gasteiger partial charge on any atom is -0.497 e. The molecule has 2 atom stereocenters. The molecule has 2 rings (SSSR count). The SMILES string of the molecule is CCN(CC)C(C)CNC(=O)C(Cc1cccs1)c1ccc(OC)cc1. The van der Waals surface area contributed by atoms with Crippen molar-refractivity contribution in [1.29, 1.82) is 0 Å². The number of carbonyl (C=O) groups is 1. The van der Waals surface area contributed by atoms with Gasteiger partial charge in [0, 0.05) is 17.5 Å². The predicted molar refractivity (Wildman–Crippen MR) is 109 cm³/mol. The molecule has 1 aromatic carbocycles. The van der Waals surface area contributed by atoms with E-state index in [0.717, 1.165) is 30.8 Å². The van der Waals surface area contributed by atoms with E-state index in [1.165, 1.54) is 4.88 Å². The van der Waals surface area contributed by atoms with Crippen molar-refractivity contribution in [3.63, 3.8) is 0 Å². The molecule has 5 heteroatoms. The average Bonchev–Trinajstić information content (AvgIpc) is 3.18. The Morgan fingerprint density at radius 3 is 2.42 bits per heavy atom. The number of benzene rings is 1. The molecule has 4 nitrogen and oxygen atoms in total. The molecule has 0 spiro atoms. The van der Waals surface area contributed by atoms with Crippen molar-refractivity contribution in [1.82, 2.24) is 10.2 Å². The maximum absolute atomic E-state index is 13.0. The summed E-state index contributed by atoms with van der Waals surface area (Å²) in [5.74, 6) is 0.699. The summed E-state index contributed by atoms with van der Waals surface area (Å²) in [6.07, 6.45) is 0.718. The molecule has 142 valence electrons. The number of rotatable bonds is 10. The third-order valence-electron chi connectivity index (χ3n) is 4.83. The van der Waals surface area contributed by atoms with E-state index in [-0.39, 0.29) is 11.8 Å². The number of hydrogen-bond donors (Lipinski definition) is 1. The standard InChI is InChI=1S/C21H30N2O2S/c1-5-23(6-2)16(3)15-22-21(24)20(14-19-8-7-13-26-19)17-9-11-18(25-4)12-10-17/h7-13,16,20H,5-6,14-15H2,1-4H3,(H,22,24). The number of nitrogens with one attached hydrogen (secondary N) is 1. The van der Waals surface area contributed by atoms with Gasteiger partial charge in [-0.05, 0) is 55.6 Å². The fourth-order valence-corrected chi connectivity index (χ4v) is 3.93. The van der Waals surface area contributed by atoms with Crippen LogP contribution in [0.3, 0.4) is 0 Å². The lowest BCUT2D eigenvalue weighted by Crippen LogP contribution is -2.43. The molecule has 2 aromatic rings. The molecule has 1 amide bonds. The van der Waals surface area contributed by atoms with E-state index in [4.69, 9.17) is 4.74 Å². The van der Waals surface area contributed by atoms with Crippen LogP contribution in [0.5, 0.6) is 5.75 Å². The Balaban J connectivity index is 2.10. The Hall–Kier alpha value is -1.85. The van der Waals surface area contributed by atoms with Crippen LogP contribution in [0.4, 0.5) is 0 Å². The van der Waals surface area contributed by atoms with Gasteiger partial charge in [-0.3, -0.25) is 9.69 Å². The number of thiophene rings is 1. The lowest BCUT2D eigenvalue weighted by Gasteiger charge is -2.27. The number of methoxy groups -OCH3 is 1. The molecular formula is C21H30N2O2S. The van der Waals surface area contributed by atoms with E-state index < -0.39 is 0 Å². The van der Waals surface area contributed by atoms with E-state index in [1.54, 1.807) is 18.4 Å².